The van der Waals surface area contributed by atoms with Gasteiger partial charge in [-0.05, 0) is 57.7 Å². The van der Waals surface area contributed by atoms with Gasteiger partial charge in [0.25, 0.3) is 0 Å². The summed E-state index contributed by atoms with van der Waals surface area (Å²) in [6.07, 6.45) is 2.53. The van der Waals surface area contributed by atoms with E-state index in [9.17, 15) is 4.39 Å². The lowest BCUT2D eigenvalue weighted by Crippen LogP contribution is -2.45. The van der Waals surface area contributed by atoms with Gasteiger partial charge < -0.3 is 15.1 Å². The molecule has 0 aromatic heterocycles. The van der Waals surface area contributed by atoms with Gasteiger partial charge in [-0.3, -0.25) is 9.89 Å². The highest BCUT2D eigenvalue weighted by molar-refractivity contribution is 14.0. The summed E-state index contributed by atoms with van der Waals surface area (Å²) in [6.45, 7) is 6.75. The van der Waals surface area contributed by atoms with Crippen molar-refractivity contribution in [3.8, 4) is 0 Å². The fourth-order valence-electron chi connectivity index (χ4n) is 3.69. The summed E-state index contributed by atoms with van der Waals surface area (Å²) in [5, 5.41) is 3.41. The van der Waals surface area contributed by atoms with Gasteiger partial charge >= 0.3 is 0 Å². The maximum atomic E-state index is 13.9. The Labute approximate surface area is 181 Å². The fourth-order valence-corrected chi connectivity index (χ4v) is 3.69. The van der Waals surface area contributed by atoms with Crippen molar-refractivity contribution in [2.45, 2.75) is 38.9 Å². The van der Waals surface area contributed by atoms with E-state index in [1.165, 1.54) is 19.4 Å². The number of hydrogen-bond donors (Lipinski definition) is 1. The number of nitrogens with one attached hydrogen (secondary N) is 1. The maximum Gasteiger partial charge on any atom is 0.193 e. The van der Waals surface area contributed by atoms with E-state index in [1.54, 1.807) is 6.07 Å². The normalized spacial score (nSPS) is 17.9. The molecule has 0 radical (unpaired) electrons. The van der Waals surface area contributed by atoms with Crippen LogP contribution in [0.4, 0.5) is 4.39 Å². The molecule has 1 aromatic rings. The first-order valence-electron chi connectivity index (χ1n) is 9.52. The Bertz CT molecular complexity index is 608. The molecule has 0 saturated carbocycles. The zero-order chi connectivity index (χ0) is 19.1. The van der Waals surface area contributed by atoms with Crippen molar-refractivity contribution in [3.05, 3.63) is 35.1 Å². The van der Waals surface area contributed by atoms with Crippen molar-refractivity contribution in [2.24, 2.45) is 4.99 Å². The van der Waals surface area contributed by atoms with E-state index < -0.39 is 0 Å². The molecule has 154 valence electrons. The van der Waals surface area contributed by atoms with E-state index in [2.05, 4.69) is 34.1 Å². The van der Waals surface area contributed by atoms with Crippen LogP contribution in [0.3, 0.4) is 0 Å². The molecule has 1 aliphatic heterocycles. The first-order valence-corrected chi connectivity index (χ1v) is 9.52. The Morgan fingerprint density at radius 3 is 2.70 bits per heavy atom. The molecule has 1 N–H and O–H groups in total. The number of guanidine groups is 1. The summed E-state index contributed by atoms with van der Waals surface area (Å²) in [6, 6.07) is 5.93. The minimum atomic E-state index is -0.148. The highest BCUT2D eigenvalue weighted by Crippen LogP contribution is 2.17. The summed E-state index contributed by atoms with van der Waals surface area (Å²) >= 11 is 0. The molecule has 7 heteroatoms. The van der Waals surface area contributed by atoms with E-state index in [-0.39, 0.29) is 29.8 Å². The third-order valence-corrected chi connectivity index (χ3v) is 5.01. The molecule has 1 unspecified atom stereocenters. The van der Waals surface area contributed by atoms with Gasteiger partial charge in [-0.15, -0.1) is 24.0 Å². The Morgan fingerprint density at radius 1 is 1.33 bits per heavy atom. The zero-order valence-electron chi connectivity index (χ0n) is 17.3. The molecule has 2 rings (SSSR count). The summed E-state index contributed by atoms with van der Waals surface area (Å²) in [5.74, 6) is 0.733. The van der Waals surface area contributed by atoms with Gasteiger partial charge in [-0.2, -0.15) is 0 Å². The molecule has 1 aromatic carbocycles. The smallest absolute Gasteiger partial charge is 0.193 e. The molecule has 5 nitrogen and oxygen atoms in total. The van der Waals surface area contributed by atoms with Crippen molar-refractivity contribution in [3.63, 3.8) is 0 Å². The van der Waals surface area contributed by atoms with Crippen molar-refractivity contribution >= 4 is 29.9 Å². The average Bonchev–Trinajstić information content (AvgIpc) is 3.04. The molecule has 1 fully saturated rings. The van der Waals surface area contributed by atoms with Crippen LogP contribution in [0.5, 0.6) is 0 Å². The number of halogens is 2. The quantitative estimate of drug-likeness (QED) is 0.362. The monoisotopic (exact) mass is 491 g/mol. The molecule has 0 aliphatic carbocycles. The molecular weight excluding hydrogens is 456 g/mol. The number of likely N-dealkylation sites (N-methyl/N-ethyl adjacent to an activating group) is 2. The first-order chi connectivity index (χ1) is 12.4. The Kier molecular flexibility index (Phi) is 10.5. The zero-order valence-corrected chi connectivity index (χ0v) is 19.7. The van der Waals surface area contributed by atoms with Crippen LogP contribution >= 0.6 is 24.0 Å². The molecule has 1 heterocycles. The lowest BCUT2D eigenvalue weighted by atomic mass is 10.1. The van der Waals surface area contributed by atoms with Crippen LogP contribution in [-0.2, 0) is 13.1 Å². The van der Waals surface area contributed by atoms with Crippen LogP contribution in [0.1, 0.15) is 30.9 Å². The molecular formula is C20H35FIN5. The fraction of sp³-hybridized carbons (Fsp3) is 0.650. The van der Waals surface area contributed by atoms with Gasteiger partial charge in [0.2, 0.25) is 0 Å². The third-order valence-electron chi connectivity index (χ3n) is 5.01. The van der Waals surface area contributed by atoms with E-state index in [0.717, 1.165) is 30.2 Å². The Morgan fingerprint density at radius 2 is 2.07 bits per heavy atom. The van der Waals surface area contributed by atoms with Crippen LogP contribution in [0.2, 0.25) is 0 Å². The van der Waals surface area contributed by atoms with Crippen molar-refractivity contribution < 1.29 is 4.39 Å². The van der Waals surface area contributed by atoms with Crippen LogP contribution < -0.4 is 5.32 Å². The van der Waals surface area contributed by atoms with Crippen LogP contribution in [0, 0.1) is 5.82 Å². The summed E-state index contributed by atoms with van der Waals surface area (Å²) < 4.78 is 13.9. The van der Waals surface area contributed by atoms with Gasteiger partial charge in [0.15, 0.2) is 5.96 Å². The molecule has 0 spiro atoms. The number of likely N-dealkylation sites (tertiary alicyclic amines) is 1. The van der Waals surface area contributed by atoms with Gasteiger partial charge in [-0.1, -0.05) is 13.0 Å². The molecule has 0 bridgehead atoms. The van der Waals surface area contributed by atoms with Gasteiger partial charge in [0, 0.05) is 45.3 Å². The van der Waals surface area contributed by atoms with Crippen molar-refractivity contribution in [1.82, 2.24) is 20.0 Å². The second-order valence-electron chi connectivity index (χ2n) is 7.37. The summed E-state index contributed by atoms with van der Waals surface area (Å²) in [5.41, 5.74) is 1.79. The predicted octanol–water partition coefficient (Wildman–Crippen LogP) is 3.00. The molecule has 1 atom stereocenters. The number of nitrogens with zero attached hydrogens (tertiary/aromatic N) is 4. The topological polar surface area (TPSA) is 34.1 Å². The van der Waals surface area contributed by atoms with Crippen molar-refractivity contribution in [2.75, 3.05) is 47.8 Å². The molecule has 1 saturated heterocycles. The Balaban J connectivity index is 0.00000364. The van der Waals surface area contributed by atoms with Crippen LogP contribution in [-0.4, -0.2) is 74.5 Å². The highest BCUT2D eigenvalue weighted by atomic mass is 127. The minimum Gasteiger partial charge on any atom is -0.352 e. The average molecular weight is 491 g/mol. The Hall–Kier alpha value is -0.930. The standard InChI is InChI=1S/C20H34FN5.HI/c1-6-26-11-7-8-18(26)15-25(5)20(22-2)23-13-16-9-10-19(21)17(12-16)14-24(3)4;/h9-10,12,18H,6-8,11,13-15H2,1-5H3,(H,22,23);1H. The van der Waals surface area contributed by atoms with Gasteiger partial charge in [0.1, 0.15) is 5.82 Å². The predicted molar refractivity (Wildman–Crippen MR) is 122 cm³/mol. The summed E-state index contributed by atoms with van der Waals surface area (Å²) in [4.78, 5) is 11.1. The molecule has 0 amide bonds. The number of aliphatic imine (C=N–C) groups is 1. The number of hydrogen-bond acceptors (Lipinski definition) is 3. The first kappa shape index (κ1) is 24.1. The van der Waals surface area contributed by atoms with E-state index in [0.29, 0.717) is 19.1 Å². The minimum absolute atomic E-state index is 0. The second-order valence-corrected chi connectivity index (χ2v) is 7.37. The summed E-state index contributed by atoms with van der Waals surface area (Å²) in [7, 11) is 7.80. The van der Waals surface area contributed by atoms with E-state index >= 15 is 0 Å². The van der Waals surface area contributed by atoms with Crippen molar-refractivity contribution in [1.29, 1.82) is 0 Å². The lowest BCUT2D eigenvalue weighted by Gasteiger charge is -2.29. The number of rotatable bonds is 7. The highest BCUT2D eigenvalue weighted by Gasteiger charge is 2.24. The van der Waals surface area contributed by atoms with E-state index in [4.69, 9.17) is 0 Å². The third kappa shape index (κ3) is 7.19. The molecule has 27 heavy (non-hydrogen) atoms. The SMILES string of the molecule is CCN1CCCC1CN(C)C(=NC)NCc1ccc(F)c(CN(C)C)c1.I. The number of benzene rings is 1. The van der Waals surface area contributed by atoms with Crippen LogP contribution in [0.15, 0.2) is 23.2 Å². The second kappa shape index (κ2) is 11.8. The van der Waals surface area contributed by atoms with E-state index in [1.807, 2.05) is 38.2 Å². The van der Waals surface area contributed by atoms with Crippen LogP contribution in [0.25, 0.3) is 0 Å². The largest absolute Gasteiger partial charge is 0.352 e. The maximum absolute atomic E-state index is 13.9. The van der Waals surface area contributed by atoms with Gasteiger partial charge in [-0.25, -0.2) is 4.39 Å². The molecule has 1 aliphatic rings. The van der Waals surface area contributed by atoms with Gasteiger partial charge in [0.05, 0.1) is 0 Å². The lowest BCUT2D eigenvalue weighted by molar-refractivity contribution is 0.232.